The minimum Gasteiger partial charge on any atom is -0.335 e. The van der Waals surface area contributed by atoms with Crippen LogP contribution in [0.1, 0.15) is 40.1 Å². The summed E-state index contributed by atoms with van der Waals surface area (Å²) in [5.74, 6) is 0.240. The molecular formula is C20H18N2O2S. The third-order valence-electron chi connectivity index (χ3n) is 4.62. The molecule has 1 unspecified atom stereocenters. The van der Waals surface area contributed by atoms with Gasteiger partial charge in [0.1, 0.15) is 5.01 Å². The van der Waals surface area contributed by atoms with Crippen molar-refractivity contribution in [2.45, 2.75) is 32.2 Å². The van der Waals surface area contributed by atoms with Gasteiger partial charge >= 0.3 is 0 Å². The maximum atomic E-state index is 12.8. The first-order valence-corrected chi connectivity index (χ1v) is 9.19. The monoisotopic (exact) mass is 350 g/mol. The second-order valence-corrected chi connectivity index (χ2v) is 7.39. The van der Waals surface area contributed by atoms with Gasteiger partial charge in [0.15, 0.2) is 11.6 Å². The van der Waals surface area contributed by atoms with Crippen molar-refractivity contribution in [2.24, 2.45) is 0 Å². The van der Waals surface area contributed by atoms with Crippen LogP contribution in [-0.4, -0.2) is 21.1 Å². The fraction of sp³-hybridized carbons (Fsp3) is 0.250. The number of rotatable bonds is 4. The molecule has 1 aliphatic rings. The largest absolute Gasteiger partial charge is 0.335 e. The summed E-state index contributed by atoms with van der Waals surface area (Å²) in [7, 11) is 0. The fourth-order valence-electron chi connectivity index (χ4n) is 3.41. The molecule has 0 radical (unpaired) electrons. The van der Waals surface area contributed by atoms with E-state index < -0.39 is 0 Å². The second kappa shape index (κ2) is 6.41. The first-order chi connectivity index (χ1) is 12.1. The number of benzene rings is 1. The highest BCUT2D eigenvalue weighted by atomic mass is 32.1. The third kappa shape index (κ3) is 2.96. The molecule has 4 rings (SSSR count). The van der Waals surface area contributed by atoms with Crippen LogP contribution in [0, 0.1) is 6.92 Å². The van der Waals surface area contributed by atoms with Gasteiger partial charge in [-0.05, 0) is 31.0 Å². The van der Waals surface area contributed by atoms with E-state index in [9.17, 15) is 9.59 Å². The second-order valence-electron chi connectivity index (χ2n) is 6.31. The molecule has 1 atom stereocenters. The summed E-state index contributed by atoms with van der Waals surface area (Å²) in [5, 5.41) is 0.840. The Balaban J connectivity index is 1.57. The van der Waals surface area contributed by atoms with Gasteiger partial charge in [0.25, 0.3) is 0 Å². The van der Waals surface area contributed by atoms with E-state index in [0.29, 0.717) is 25.0 Å². The molecule has 4 nitrogen and oxygen atoms in total. The lowest BCUT2D eigenvalue weighted by molar-refractivity contribution is -0.121. The molecule has 1 aromatic carbocycles. The van der Waals surface area contributed by atoms with Gasteiger partial charge in [-0.3, -0.25) is 9.59 Å². The van der Waals surface area contributed by atoms with E-state index in [1.54, 1.807) is 17.4 Å². The highest BCUT2D eigenvalue weighted by molar-refractivity contribution is 7.15. The molecule has 0 aliphatic carbocycles. The van der Waals surface area contributed by atoms with Crippen molar-refractivity contribution < 1.29 is 9.59 Å². The first kappa shape index (κ1) is 16.0. The summed E-state index contributed by atoms with van der Waals surface area (Å²) in [6.45, 7) is 1.98. The molecular weight excluding hydrogens is 332 g/mol. The number of Topliss-reactive ketones (excluding diaryl/α,β-unsaturated/α-hetero) is 2. The Morgan fingerprint density at radius 2 is 2.04 bits per heavy atom. The molecule has 0 N–H and O–H groups in total. The Kier molecular flexibility index (Phi) is 4.09. The summed E-state index contributed by atoms with van der Waals surface area (Å²) < 4.78 is 1.83. The van der Waals surface area contributed by atoms with E-state index in [-0.39, 0.29) is 17.6 Å². The normalized spacial score (nSPS) is 16.7. The van der Waals surface area contributed by atoms with Gasteiger partial charge in [-0.1, -0.05) is 30.3 Å². The molecule has 0 bridgehead atoms. The number of nitrogens with zero attached hydrogens (tertiary/aromatic N) is 2. The smallest absolute Gasteiger partial charge is 0.179 e. The number of ketones is 2. The van der Waals surface area contributed by atoms with Crippen LogP contribution in [0.15, 0.2) is 48.7 Å². The molecule has 126 valence electrons. The maximum Gasteiger partial charge on any atom is 0.179 e. The number of hydrogen-bond donors (Lipinski definition) is 0. The Hall–Kier alpha value is -2.53. The predicted octanol–water partition coefficient (Wildman–Crippen LogP) is 4.25. The molecule has 3 aromatic rings. The molecule has 0 fully saturated rings. The average molecular weight is 350 g/mol. The summed E-state index contributed by atoms with van der Waals surface area (Å²) in [6, 6.07) is 13.5. The van der Waals surface area contributed by atoms with Crippen molar-refractivity contribution in [3.05, 3.63) is 65.1 Å². The Morgan fingerprint density at radius 1 is 1.24 bits per heavy atom. The number of aryl methyl sites for hydroxylation is 1. The summed E-state index contributed by atoms with van der Waals surface area (Å²) in [5.41, 5.74) is 2.73. The van der Waals surface area contributed by atoms with Gasteiger partial charge in [-0.15, -0.1) is 11.3 Å². The highest BCUT2D eigenvalue weighted by Gasteiger charge is 2.29. The van der Waals surface area contributed by atoms with Crippen molar-refractivity contribution in [1.82, 2.24) is 9.55 Å². The summed E-state index contributed by atoms with van der Waals surface area (Å²) in [6.07, 6.45) is 3.16. The first-order valence-electron chi connectivity index (χ1n) is 8.38. The zero-order valence-corrected chi connectivity index (χ0v) is 14.8. The predicted molar refractivity (Wildman–Crippen MR) is 98.0 cm³/mol. The van der Waals surface area contributed by atoms with Crippen LogP contribution in [0.25, 0.3) is 10.4 Å². The molecule has 0 saturated heterocycles. The van der Waals surface area contributed by atoms with Crippen molar-refractivity contribution in [3.8, 4) is 10.4 Å². The Morgan fingerprint density at radius 3 is 2.84 bits per heavy atom. The number of hydrogen-bond acceptors (Lipinski definition) is 4. The highest BCUT2D eigenvalue weighted by Crippen LogP contribution is 2.32. The van der Waals surface area contributed by atoms with Crippen molar-refractivity contribution in [1.29, 1.82) is 0 Å². The van der Waals surface area contributed by atoms with Crippen molar-refractivity contribution in [2.75, 3.05) is 0 Å². The summed E-state index contributed by atoms with van der Waals surface area (Å²) in [4.78, 5) is 30.5. The fourth-order valence-corrected chi connectivity index (χ4v) is 4.49. The van der Waals surface area contributed by atoms with Gasteiger partial charge in [-0.2, -0.15) is 0 Å². The average Bonchev–Trinajstić information content (AvgIpc) is 3.23. The van der Waals surface area contributed by atoms with E-state index in [2.05, 4.69) is 17.1 Å². The van der Waals surface area contributed by atoms with Crippen LogP contribution >= 0.6 is 11.3 Å². The van der Waals surface area contributed by atoms with E-state index in [0.717, 1.165) is 21.1 Å². The van der Waals surface area contributed by atoms with E-state index in [1.165, 1.54) is 0 Å². The van der Waals surface area contributed by atoms with Gasteiger partial charge in [0.2, 0.25) is 0 Å². The SMILES string of the molecule is Cc1nc(CC(=O)C2CCC(=O)c3cccn32)sc1-c1ccccc1. The minimum absolute atomic E-state index is 0.116. The molecule has 0 saturated carbocycles. The number of carbonyl (C=O) groups excluding carboxylic acids is 2. The zero-order chi connectivity index (χ0) is 17.4. The lowest BCUT2D eigenvalue weighted by atomic mass is 9.97. The third-order valence-corrected chi connectivity index (χ3v) is 5.83. The van der Waals surface area contributed by atoms with E-state index in [1.807, 2.05) is 42.0 Å². The molecule has 0 spiro atoms. The van der Waals surface area contributed by atoms with Crippen LogP contribution < -0.4 is 0 Å². The van der Waals surface area contributed by atoms with Crippen LogP contribution in [0.3, 0.4) is 0 Å². The van der Waals surface area contributed by atoms with Crippen LogP contribution in [0.4, 0.5) is 0 Å². The van der Waals surface area contributed by atoms with Gasteiger partial charge < -0.3 is 4.57 Å². The molecule has 25 heavy (non-hydrogen) atoms. The van der Waals surface area contributed by atoms with Gasteiger partial charge in [-0.25, -0.2) is 4.98 Å². The quantitative estimate of drug-likeness (QED) is 0.707. The van der Waals surface area contributed by atoms with E-state index in [4.69, 9.17) is 0 Å². The van der Waals surface area contributed by atoms with Crippen molar-refractivity contribution >= 4 is 22.9 Å². The lowest BCUT2D eigenvalue weighted by Gasteiger charge is -2.24. The molecule has 5 heteroatoms. The van der Waals surface area contributed by atoms with Gasteiger partial charge in [0, 0.05) is 12.6 Å². The van der Waals surface area contributed by atoms with Crippen LogP contribution in [0.2, 0.25) is 0 Å². The van der Waals surface area contributed by atoms with Crippen molar-refractivity contribution in [3.63, 3.8) is 0 Å². The topological polar surface area (TPSA) is 52.0 Å². The number of thiazole rings is 1. The Bertz CT molecular complexity index is 940. The Labute approximate surface area is 150 Å². The number of aromatic nitrogens is 2. The molecule has 1 aliphatic heterocycles. The van der Waals surface area contributed by atoms with Crippen LogP contribution in [-0.2, 0) is 11.2 Å². The zero-order valence-electron chi connectivity index (χ0n) is 13.9. The minimum atomic E-state index is -0.257. The molecule has 0 amide bonds. The lowest BCUT2D eigenvalue weighted by Crippen LogP contribution is -2.28. The molecule has 3 heterocycles. The van der Waals surface area contributed by atoms with E-state index >= 15 is 0 Å². The maximum absolute atomic E-state index is 12.8. The standard InChI is InChI=1S/C20H18N2O2S/c1-13-20(14-6-3-2-4-7-14)25-19(21-13)12-18(24)16-9-10-17(23)15-8-5-11-22(15)16/h2-8,11,16H,9-10,12H2,1H3. The number of fused-ring (bicyclic) bond motifs is 1. The number of carbonyl (C=O) groups is 2. The van der Waals surface area contributed by atoms with Crippen LogP contribution in [0.5, 0.6) is 0 Å². The van der Waals surface area contributed by atoms with Gasteiger partial charge in [0.05, 0.1) is 28.7 Å². The summed E-state index contributed by atoms with van der Waals surface area (Å²) >= 11 is 1.58. The molecule has 2 aromatic heterocycles.